The highest BCUT2D eigenvalue weighted by molar-refractivity contribution is 6.31. The van der Waals surface area contributed by atoms with Crippen molar-refractivity contribution in [3.63, 3.8) is 0 Å². The van der Waals surface area contributed by atoms with Crippen LogP contribution in [0.1, 0.15) is 35.9 Å². The predicted octanol–water partition coefficient (Wildman–Crippen LogP) is 4.37. The normalized spacial score (nSPS) is 19.5. The number of halogens is 1. The predicted molar refractivity (Wildman–Crippen MR) is 123 cm³/mol. The Morgan fingerprint density at radius 3 is 2.45 bits per heavy atom. The summed E-state index contributed by atoms with van der Waals surface area (Å²) in [4.78, 5) is 17.9. The Bertz CT molecular complexity index is 1240. The van der Waals surface area contributed by atoms with E-state index in [0.717, 1.165) is 16.8 Å². The molecule has 0 saturated carbocycles. The van der Waals surface area contributed by atoms with Gasteiger partial charge in [-0.2, -0.15) is 10.1 Å². The van der Waals surface area contributed by atoms with Crippen LogP contribution in [-0.2, 0) is 4.79 Å². The lowest BCUT2D eigenvalue weighted by atomic mass is 9.77. The van der Waals surface area contributed by atoms with Gasteiger partial charge in [0.2, 0.25) is 11.7 Å². The fourth-order valence-corrected chi connectivity index (χ4v) is 4.95. The van der Waals surface area contributed by atoms with Crippen LogP contribution < -0.4 is 19.5 Å². The lowest BCUT2D eigenvalue weighted by Crippen LogP contribution is -2.33. The number of methoxy groups -OCH3 is 3. The SMILES string of the molecule is COc1cc(C2CC(=O)C3=C(C2)Nc2ncnn2C3c2ccccc2Cl)cc(OC)c1OC. The van der Waals surface area contributed by atoms with Gasteiger partial charge in [-0.25, -0.2) is 4.68 Å². The first-order valence-corrected chi connectivity index (χ1v) is 10.9. The zero-order valence-electron chi connectivity index (χ0n) is 18.5. The Morgan fingerprint density at radius 1 is 1.06 bits per heavy atom. The summed E-state index contributed by atoms with van der Waals surface area (Å²) in [5, 5.41) is 8.28. The van der Waals surface area contributed by atoms with Crippen molar-refractivity contribution in [3.05, 3.63) is 70.1 Å². The quantitative estimate of drug-likeness (QED) is 0.597. The van der Waals surface area contributed by atoms with E-state index in [1.165, 1.54) is 6.33 Å². The molecule has 1 N–H and O–H groups in total. The van der Waals surface area contributed by atoms with E-state index in [1.807, 2.05) is 36.4 Å². The lowest BCUT2D eigenvalue weighted by Gasteiger charge is -2.35. The van der Waals surface area contributed by atoms with Crippen LogP contribution in [0.3, 0.4) is 0 Å². The maximum absolute atomic E-state index is 13.6. The van der Waals surface area contributed by atoms with Crippen molar-refractivity contribution in [1.29, 1.82) is 0 Å². The standard InChI is InChI=1S/C24H23ClN4O4/c1-31-19-10-14(11-20(32-2)23(19)33-3)13-8-17-21(18(30)9-13)22(15-6-4-5-7-16(15)25)29-24(28-17)26-12-27-29/h4-7,10-13,22H,8-9H2,1-3H3,(H,26,27,28). The molecule has 1 aromatic heterocycles. The van der Waals surface area contributed by atoms with Crippen molar-refractivity contribution in [2.45, 2.75) is 24.8 Å². The van der Waals surface area contributed by atoms with Gasteiger partial charge in [-0.3, -0.25) is 4.79 Å². The third kappa shape index (κ3) is 3.51. The number of anilines is 1. The minimum atomic E-state index is -0.430. The summed E-state index contributed by atoms with van der Waals surface area (Å²) in [6.45, 7) is 0. The fraction of sp³-hybridized carbons (Fsp3) is 0.292. The number of fused-ring (bicyclic) bond motifs is 1. The van der Waals surface area contributed by atoms with Crippen LogP contribution in [0.2, 0.25) is 5.02 Å². The first kappa shape index (κ1) is 21.3. The van der Waals surface area contributed by atoms with Gasteiger partial charge in [-0.15, -0.1) is 0 Å². The van der Waals surface area contributed by atoms with E-state index in [4.69, 9.17) is 25.8 Å². The minimum Gasteiger partial charge on any atom is -0.493 e. The monoisotopic (exact) mass is 466 g/mol. The summed E-state index contributed by atoms with van der Waals surface area (Å²) in [5.41, 5.74) is 3.26. The first-order valence-electron chi connectivity index (χ1n) is 10.5. The number of nitrogens with one attached hydrogen (secondary N) is 1. The van der Waals surface area contributed by atoms with Gasteiger partial charge >= 0.3 is 0 Å². The van der Waals surface area contributed by atoms with Crippen molar-refractivity contribution < 1.29 is 19.0 Å². The molecule has 0 fully saturated rings. The van der Waals surface area contributed by atoms with E-state index in [1.54, 1.807) is 26.0 Å². The van der Waals surface area contributed by atoms with Crippen LogP contribution in [-0.4, -0.2) is 41.9 Å². The van der Waals surface area contributed by atoms with Crippen molar-refractivity contribution in [2.75, 3.05) is 26.6 Å². The van der Waals surface area contributed by atoms with Gasteiger partial charge in [0.1, 0.15) is 12.4 Å². The molecule has 2 heterocycles. The molecule has 0 amide bonds. The summed E-state index contributed by atoms with van der Waals surface area (Å²) in [6.07, 6.45) is 2.43. The molecule has 2 aromatic carbocycles. The lowest BCUT2D eigenvalue weighted by molar-refractivity contribution is -0.116. The van der Waals surface area contributed by atoms with Gasteiger partial charge in [-0.05, 0) is 36.1 Å². The van der Waals surface area contributed by atoms with E-state index in [9.17, 15) is 4.79 Å². The average Bonchev–Trinajstić information content (AvgIpc) is 3.30. The zero-order valence-corrected chi connectivity index (χ0v) is 19.2. The van der Waals surface area contributed by atoms with Crippen LogP contribution in [0.25, 0.3) is 0 Å². The summed E-state index contributed by atoms with van der Waals surface area (Å²) in [5.74, 6) is 2.19. The van der Waals surface area contributed by atoms with Crippen LogP contribution >= 0.6 is 11.6 Å². The maximum atomic E-state index is 13.6. The van der Waals surface area contributed by atoms with Gasteiger partial charge in [0.05, 0.1) is 21.3 Å². The topological polar surface area (TPSA) is 87.5 Å². The zero-order chi connectivity index (χ0) is 23.1. The van der Waals surface area contributed by atoms with Crippen LogP contribution in [0.15, 0.2) is 54.0 Å². The van der Waals surface area contributed by atoms with Crippen molar-refractivity contribution in [2.24, 2.45) is 0 Å². The molecule has 0 bridgehead atoms. The van der Waals surface area contributed by atoms with E-state index >= 15 is 0 Å². The summed E-state index contributed by atoms with van der Waals surface area (Å²) >= 11 is 6.53. The molecule has 0 radical (unpaired) electrons. The molecule has 1 aliphatic heterocycles. The molecule has 0 saturated heterocycles. The number of carbonyl (C=O) groups is 1. The number of hydrogen-bond donors (Lipinski definition) is 1. The maximum Gasteiger partial charge on any atom is 0.226 e. The number of benzene rings is 2. The number of hydrogen-bond acceptors (Lipinski definition) is 7. The number of rotatable bonds is 5. The van der Waals surface area contributed by atoms with Gasteiger partial charge in [0.15, 0.2) is 17.3 Å². The second kappa shape index (κ2) is 8.44. The Kier molecular flexibility index (Phi) is 5.46. The van der Waals surface area contributed by atoms with E-state index in [2.05, 4.69) is 15.4 Å². The molecule has 5 rings (SSSR count). The Hall–Kier alpha value is -3.52. The Morgan fingerprint density at radius 2 is 1.79 bits per heavy atom. The summed E-state index contributed by atoms with van der Waals surface area (Å²) < 4.78 is 18.2. The average molecular weight is 467 g/mol. The Balaban J connectivity index is 1.59. The fourth-order valence-electron chi connectivity index (χ4n) is 4.71. The Labute approximate surface area is 196 Å². The third-order valence-corrected chi connectivity index (χ3v) is 6.56. The molecule has 170 valence electrons. The van der Waals surface area contributed by atoms with Crippen LogP contribution in [0.4, 0.5) is 5.95 Å². The molecule has 1 aliphatic carbocycles. The second-order valence-corrected chi connectivity index (χ2v) is 8.36. The van der Waals surface area contributed by atoms with Crippen LogP contribution in [0, 0.1) is 0 Å². The van der Waals surface area contributed by atoms with E-state index in [0.29, 0.717) is 46.6 Å². The number of Topliss-reactive ketones (excluding diaryl/α,β-unsaturated/α-hetero) is 1. The van der Waals surface area contributed by atoms with Gasteiger partial charge < -0.3 is 19.5 Å². The summed E-state index contributed by atoms with van der Waals surface area (Å²) in [6, 6.07) is 10.9. The largest absolute Gasteiger partial charge is 0.493 e. The van der Waals surface area contributed by atoms with E-state index in [-0.39, 0.29) is 11.7 Å². The highest BCUT2D eigenvalue weighted by Crippen LogP contribution is 2.47. The second-order valence-electron chi connectivity index (χ2n) is 7.96. The summed E-state index contributed by atoms with van der Waals surface area (Å²) in [7, 11) is 4.73. The molecular weight excluding hydrogens is 444 g/mol. The van der Waals surface area contributed by atoms with Gasteiger partial charge in [0.25, 0.3) is 0 Å². The minimum absolute atomic E-state index is 0.0357. The van der Waals surface area contributed by atoms with Crippen molar-refractivity contribution in [3.8, 4) is 17.2 Å². The molecule has 2 atom stereocenters. The molecule has 2 aliphatic rings. The molecule has 9 heteroatoms. The number of carbonyl (C=O) groups excluding carboxylic acids is 1. The number of aromatic nitrogens is 3. The third-order valence-electron chi connectivity index (χ3n) is 6.22. The highest BCUT2D eigenvalue weighted by atomic mass is 35.5. The van der Waals surface area contributed by atoms with Crippen molar-refractivity contribution >= 4 is 23.3 Å². The molecule has 3 aromatic rings. The highest BCUT2D eigenvalue weighted by Gasteiger charge is 2.40. The first-order chi connectivity index (χ1) is 16.0. The van der Waals surface area contributed by atoms with Gasteiger partial charge in [0, 0.05) is 28.3 Å². The molecule has 8 nitrogen and oxygen atoms in total. The smallest absolute Gasteiger partial charge is 0.226 e. The number of ether oxygens (including phenoxy) is 3. The number of allylic oxidation sites excluding steroid dienone is 2. The van der Waals surface area contributed by atoms with Crippen LogP contribution in [0.5, 0.6) is 17.2 Å². The number of nitrogens with zero attached hydrogens (tertiary/aromatic N) is 3. The molecule has 33 heavy (non-hydrogen) atoms. The van der Waals surface area contributed by atoms with E-state index < -0.39 is 6.04 Å². The molecule has 0 spiro atoms. The number of ketones is 1. The van der Waals surface area contributed by atoms with Crippen molar-refractivity contribution in [1.82, 2.24) is 14.8 Å². The van der Waals surface area contributed by atoms with Gasteiger partial charge in [-0.1, -0.05) is 29.8 Å². The molecule has 2 unspecified atom stereocenters. The molecular formula is C24H23ClN4O4.